The van der Waals surface area contributed by atoms with Crippen molar-refractivity contribution in [3.63, 3.8) is 0 Å². The number of amides is 1. The lowest BCUT2D eigenvalue weighted by atomic mass is 9.93. The highest BCUT2D eigenvalue weighted by Crippen LogP contribution is 2.31. The number of nitrogens with zero attached hydrogens (tertiary/aromatic N) is 3. The fourth-order valence-electron chi connectivity index (χ4n) is 3.05. The van der Waals surface area contributed by atoms with E-state index >= 15 is 0 Å². The topological polar surface area (TPSA) is 64.2 Å². The van der Waals surface area contributed by atoms with E-state index in [2.05, 4.69) is 18.1 Å². The zero-order valence-electron chi connectivity index (χ0n) is 12.6. The summed E-state index contributed by atoms with van der Waals surface area (Å²) in [7, 11) is 1.76. The second-order valence-electron chi connectivity index (χ2n) is 5.83. The SMILES string of the molecule is Cc1nn(C)c(C(=O)N2CC(C)Cc3ccccc32)c1N. The molecule has 0 saturated carbocycles. The first-order valence-corrected chi connectivity index (χ1v) is 7.18. The molecule has 2 aromatic rings. The Balaban J connectivity index is 2.06. The molecule has 1 aliphatic heterocycles. The van der Waals surface area contributed by atoms with E-state index in [0.29, 0.717) is 29.5 Å². The lowest BCUT2D eigenvalue weighted by molar-refractivity contribution is 0.0973. The van der Waals surface area contributed by atoms with Crippen molar-refractivity contribution in [2.75, 3.05) is 17.2 Å². The molecule has 1 unspecified atom stereocenters. The highest BCUT2D eigenvalue weighted by molar-refractivity contribution is 6.09. The monoisotopic (exact) mass is 284 g/mol. The molecule has 1 aromatic carbocycles. The summed E-state index contributed by atoms with van der Waals surface area (Å²) in [4.78, 5) is 14.8. The van der Waals surface area contributed by atoms with Crippen molar-refractivity contribution in [1.29, 1.82) is 0 Å². The van der Waals surface area contributed by atoms with E-state index in [1.807, 2.05) is 30.0 Å². The lowest BCUT2D eigenvalue weighted by Crippen LogP contribution is -2.40. The molecule has 21 heavy (non-hydrogen) atoms. The summed E-state index contributed by atoms with van der Waals surface area (Å²) in [6.45, 7) is 4.69. The van der Waals surface area contributed by atoms with Crippen molar-refractivity contribution in [2.24, 2.45) is 13.0 Å². The highest BCUT2D eigenvalue weighted by atomic mass is 16.2. The quantitative estimate of drug-likeness (QED) is 0.872. The maximum atomic E-state index is 12.9. The van der Waals surface area contributed by atoms with E-state index in [1.54, 1.807) is 11.7 Å². The summed E-state index contributed by atoms with van der Waals surface area (Å²) in [5, 5.41) is 4.25. The zero-order chi connectivity index (χ0) is 15.1. The van der Waals surface area contributed by atoms with Crippen molar-refractivity contribution in [3.05, 3.63) is 41.2 Å². The van der Waals surface area contributed by atoms with Gasteiger partial charge in [0.1, 0.15) is 5.69 Å². The van der Waals surface area contributed by atoms with Crippen LogP contribution in [0.15, 0.2) is 24.3 Å². The molecular weight excluding hydrogens is 264 g/mol. The highest BCUT2D eigenvalue weighted by Gasteiger charge is 2.30. The van der Waals surface area contributed by atoms with Gasteiger partial charge in [-0.15, -0.1) is 0 Å². The Morgan fingerprint density at radius 2 is 2.10 bits per heavy atom. The summed E-state index contributed by atoms with van der Waals surface area (Å²) in [6, 6.07) is 8.07. The van der Waals surface area contributed by atoms with E-state index in [-0.39, 0.29) is 5.91 Å². The number of hydrogen-bond donors (Lipinski definition) is 1. The summed E-state index contributed by atoms with van der Waals surface area (Å²) >= 11 is 0. The first kappa shape index (κ1) is 13.7. The zero-order valence-corrected chi connectivity index (χ0v) is 12.6. The molecule has 5 heteroatoms. The standard InChI is InChI=1S/C16H20N4O/c1-10-8-12-6-4-5-7-13(12)20(9-10)16(21)15-14(17)11(2)18-19(15)3/h4-7,10H,8-9,17H2,1-3H3. The number of fused-ring (bicyclic) bond motifs is 1. The first-order chi connectivity index (χ1) is 9.99. The van der Waals surface area contributed by atoms with Gasteiger partial charge in [-0.05, 0) is 30.9 Å². The molecular formula is C16H20N4O. The van der Waals surface area contributed by atoms with Crippen LogP contribution in [0.25, 0.3) is 0 Å². The van der Waals surface area contributed by atoms with Gasteiger partial charge in [0.25, 0.3) is 5.91 Å². The van der Waals surface area contributed by atoms with Crippen molar-refractivity contribution in [3.8, 4) is 0 Å². The number of benzene rings is 1. The van der Waals surface area contributed by atoms with Crippen LogP contribution in [0.1, 0.15) is 28.7 Å². The van der Waals surface area contributed by atoms with Crippen LogP contribution in [0.4, 0.5) is 11.4 Å². The average Bonchev–Trinajstić information content (AvgIpc) is 2.70. The number of nitrogen functional groups attached to an aromatic ring is 1. The number of rotatable bonds is 1. The normalized spacial score (nSPS) is 17.7. The number of para-hydroxylation sites is 1. The van der Waals surface area contributed by atoms with Crippen LogP contribution in [0.3, 0.4) is 0 Å². The molecule has 0 fully saturated rings. The van der Waals surface area contributed by atoms with E-state index in [9.17, 15) is 4.79 Å². The number of anilines is 2. The van der Waals surface area contributed by atoms with Crippen LogP contribution in [0.2, 0.25) is 0 Å². The van der Waals surface area contributed by atoms with Gasteiger partial charge in [0.05, 0.1) is 11.4 Å². The average molecular weight is 284 g/mol. The van der Waals surface area contributed by atoms with Gasteiger partial charge in [-0.3, -0.25) is 9.48 Å². The second-order valence-corrected chi connectivity index (χ2v) is 5.83. The smallest absolute Gasteiger partial charge is 0.278 e. The minimum Gasteiger partial charge on any atom is -0.395 e. The van der Waals surface area contributed by atoms with Crippen LogP contribution < -0.4 is 10.6 Å². The van der Waals surface area contributed by atoms with Crippen molar-refractivity contribution in [1.82, 2.24) is 9.78 Å². The maximum Gasteiger partial charge on any atom is 0.278 e. The molecule has 3 rings (SSSR count). The van der Waals surface area contributed by atoms with Crippen LogP contribution in [0.5, 0.6) is 0 Å². The molecule has 0 spiro atoms. The van der Waals surface area contributed by atoms with Gasteiger partial charge in [0, 0.05) is 19.3 Å². The van der Waals surface area contributed by atoms with Gasteiger partial charge in [-0.2, -0.15) is 5.10 Å². The Labute approximate surface area is 124 Å². The molecule has 110 valence electrons. The number of aryl methyl sites for hydroxylation is 2. The predicted octanol–water partition coefficient (Wildman–Crippen LogP) is 2.15. The lowest BCUT2D eigenvalue weighted by Gasteiger charge is -2.33. The Bertz CT molecular complexity index is 704. The van der Waals surface area contributed by atoms with Crippen LogP contribution >= 0.6 is 0 Å². The van der Waals surface area contributed by atoms with Crippen molar-refractivity contribution >= 4 is 17.3 Å². The number of carbonyl (C=O) groups excluding carboxylic acids is 1. The van der Waals surface area contributed by atoms with Gasteiger partial charge in [-0.1, -0.05) is 25.1 Å². The molecule has 1 atom stereocenters. The fourth-order valence-corrected chi connectivity index (χ4v) is 3.05. The third-order valence-corrected chi connectivity index (χ3v) is 4.06. The Hall–Kier alpha value is -2.30. The Kier molecular flexibility index (Phi) is 3.20. The number of aromatic nitrogens is 2. The minimum atomic E-state index is -0.0744. The number of carbonyl (C=O) groups is 1. The van der Waals surface area contributed by atoms with Gasteiger partial charge < -0.3 is 10.6 Å². The van der Waals surface area contributed by atoms with Gasteiger partial charge in [0.2, 0.25) is 0 Å². The van der Waals surface area contributed by atoms with E-state index in [1.165, 1.54) is 5.56 Å². The van der Waals surface area contributed by atoms with Gasteiger partial charge in [0.15, 0.2) is 0 Å². The molecule has 0 bridgehead atoms. The van der Waals surface area contributed by atoms with Gasteiger partial charge in [-0.25, -0.2) is 0 Å². The summed E-state index contributed by atoms with van der Waals surface area (Å²) < 4.78 is 1.58. The van der Waals surface area contributed by atoms with Crippen LogP contribution in [-0.2, 0) is 13.5 Å². The van der Waals surface area contributed by atoms with Crippen molar-refractivity contribution in [2.45, 2.75) is 20.3 Å². The summed E-state index contributed by atoms with van der Waals surface area (Å²) in [6.07, 6.45) is 1.000. The Morgan fingerprint density at radius 1 is 1.38 bits per heavy atom. The van der Waals surface area contributed by atoms with Crippen molar-refractivity contribution < 1.29 is 4.79 Å². The van der Waals surface area contributed by atoms with E-state index < -0.39 is 0 Å². The number of hydrogen-bond acceptors (Lipinski definition) is 3. The summed E-state index contributed by atoms with van der Waals surface area (Å²) in [5.41, 5.74) is 9.86. The first-order valence-electron chi connectivity index (χ1n) is 7.18. The molecule has 1 aromatic heterocycles. The third-order valence-electron chi connectivity index (χ3n) is 4.06. The molecule has 1 aliphatic rings. The number of nitrogens with two attached hydrogens (primary N) is 1. The molecule has 0 saturated heterocycles. The predicted molar refractivity (Wildman–Crippen MR) is 83.3 cm³/mol. The second kappa shape index (κ2) is 4.91. The molecule has 1 amide bonds. The molecule has 2 heterocycles. The maximum absolute atomic E-state index is 12.9. The molecule has 2 N–H and O–H groups in total. The van der Waals surface area contributed by atoms with E-state index in [0.717, 1.165) is 12.1 Å². The third kappa shape index (κ3) is 2.18. The fraction of sp³-hybridized carbons (Fsp3) is 0.375. The van der Waals surface area contributed by atoms with E-state index in [4.69, 9.17) is 5.73 Å². The largest absolute Gasteiger partial charge is 0.395 e. The molecule has 0 radical (unpaired) electrons. The van der Waals surface area contributed by atoms with Crippen LogP contribution in [-0.4, -0.2) is 22.2 Å². The summed E-state index contributed by atoms with van der Waals surface area (Å²) in [5.74, 6) is 0.356. The molecule has 5 nitrogen and oxygen atoms in total. The van der Waals surface area contributed by atoms with Crippen LogP contribution in [0, 0.1) is 12.8 Å². The minimum absolute atomic E-state index is 0.0744. The molecule has 0 aliphatic carbocycles. The van der Waals surface area contributed by atoms with Gasteiger partial charge >= 0.3 is 0 Å². The Morgan fingerprint density at radius 3 is 2.76 bits per heavy atom.